The zero-order valence-electron chi connectivity index (χ0n) is 14.3. The Hall–Kier alpha value is -2.11. The van der Waals surface area contributed by atoms with E-state index in [0.717, 1.165) is 23.5 Å². The van der Waals surface area contributed by atoms with Gasteiger partial charge in [-0.15, -0.1) is 0 Å². The van der Waals surface area contributed by atoms with E-state index in [1.807, 2.05) is 25.1 Å². The second kappa shape index (κ2) is 9.25. The van der Waals surface area contributed by atoms with E-state index in [0.29, 0.717) is 12.2 Å². The zero-order chi connectivity index (χ0) is 18.2. The van der Waals surface area contributed by atoms with Gasteiger partial charge in [-0.1, -0.05) is 12.1 Å². The fourth-order valence-corrected chi connectivity index (χ4v) is 3.10. The minimum absolute atomic E-state index is 0.00294. The summed E-state index contributed by atoms with van der Waals surface area (Å²) >= 11 is 0. The number of sulfonamides is 1. The monoisotopic (exact) mass is 352 g/mol. The fourth-order valence-electron chi connectivity index (χ4n) is 2.17. The molecule has 24 heavy (non-hydrogen) atoms. The molecule has 0 unspecified atom stereocenters. The summed E-state index contributed by atoms with van der Waals surface area (Å²) in [6.07, 6.45) is 1.93. The molecule has 0 saturated heterocycles. The van der Waals surface area contributed by atoms with Gasteiger partial charge in [-0.3, -0.25) is 9.10 Å². The van der Waals surface area contributed by atoms with Gasteiger partial charge in [0.25, 0.3) is 0 Å². The zero-order valence-corrected chi connectivity index (χ0v) is 15.1. The van der Waals surface area contributed by atoms with Gasteiger partial charge in [0, 0.05) is 19.5 Å². The third-order valence-electron chi connectivity index (χ3n) is 3.34. The standard InChI is InChI=1S/C16H24N4O3S/c1-19(2)11-6-10-18-16(21)9-12-20(24(3,22)23)15-8-5-4-7-14(15)13-17/h4-5,7-8H,6,9-12H2,1-3H3,(H,18,21). The van der Waals surface area contributed by atoms with Gasteiger partial charge in [0.05, 0.1) is 17.5 Å². The third-order valence-corrected chi connectivity index (χ3v) is 4.52. The summed E-state index contributed by atoms with van der Waals surface area (Å²) in [6, 6.07) is 8.42. The Labute approximate surface area is 143 Å². The number of hydrogen-bond acceptors (Lipinski definition) is 5. The van der Waals surface area contributed by atoms with Crippen molar-refractivity contribution in [2.24, 2.45) is 0 Å². The van der Waals surface area contributed by atoms with Crippen molar-refractivity contribution in [3.8, 4) is 6.07 Å². The van der Waals surface area contributed by atoms with Crippen LogP contribution in [0.15, 0.2) is 24.3 Å². The molecule has 132 valence electrons. The van der Waals surface area contributed by atoms with Crippen molar-refractivity contribution in [2.45, 2.75) is 12.8 Å². The van der Waals surface area contributed by atoms with Gasteiger partial charge >= 0.3 is 0 Å². The molecular formula is C16H24N4O3S. The molecule has 0 aliphatic rings. The molecule has 0 saturated carbocycles. The van der Waals surface area contributed by atoms with Gasteiger partial charge in [0.1, 0.15) is 6.07 Å². The van der Waals surface area contributed by atoms with Gasteiger partial charge in [0.15, 0.2) is 0 Å². The van der Waals surface area contributed by atoms with Crippen molar-refractivity contribution in [1.29, 1.82) is 5.26 Å². The molecule has 0 heterocycles. The van der Waals surface area contributed by atoms with Crippen molar-refractivity contribution in [1.82, 2.24) is 10.2 Å². The Kier molecular flexibility index (Phi) is 7.68. The van der Waals surface area contributed by atoms with E-state index in [1.54, 1.807) is 24.3 Å². The highest BCUT2D eigenvalue weighted by Crippen LogP contribution is 2.22. The quantitative estimate of drug-likeness (QED) is 0.663. The fraction of sp³-hybridized carbons (Fsp3) is 0.500. The molecule has 0 radical (unpaired) electrons. The van der Waals surface area contributed by atoms with Crippen molar-refractivity contribution in [3.05, 3.63) is 29.8 Å². The van der Waals surface area contributed by atoms with Crippen molar-refractivity contribution in [2.75, 3.05) is 44.3 Å². The topological polar surface area (TPSA) is 93.5 Å². The Balaban J connectivity index is 2.69. The van der Waals surface area contributed by atoms with Crippen LogP contribution in [0.3, 0.4) is 0 Å². The predicted octanol–water partition coefficient (Wildman–Crippen LogP) is 0.782. The summed E-state index contributed by atoms with van der Waals surface area (Å²) in [5, 5.41) is 11.9. The van der Waals surface area contributed by atoms with E-state index in [9.17, 15) is 13.2 Å². The number of rotatable bonds is 9. The van der Waals surface area contributed by atoms with Gasteiger partial charge in [0.2, 0.25) is 15.9 Å². The lowest BCUT2D eigenvalue weighted by Gasteiger charge is -2.23. The second-order valence-electron chi connectivity index (χ2n) is 5.72. The maximum Gasteiger partial charge on any atom is 0.232 e. The number of para-hydroxylation sites is 1. The van der Waals surface area contributed by atoms with Crippen molar-refractivity contribution >= 4 is 21.6 Å². The maximum absolute atomic E-state index is 12.0. The lowest BCUT2D eigenvalue weighted by atomic mass is 10.2. The van der Waals surface area contributed by atoms with E-state index in [-0.39, 0.29) is 24.4 Å². The Morgan fingerprint density at radius 2 is 1.92 bits per heavy atom. The molecule has 0 aliphatic heterocycles. The number of hydrogen-bond donors (Lipinski definition) is 1. The lowest BCUT2D eigenvalue weighted by molar-refractivity contribution is -0.120. The Morgan fingerprint density at radius 3 is 2.50 bits per heavy atom. The second-order valence-corrected chi connectivity index (χ2v) is 7.63. The van der Waals surface area contributed by atoms with Crippen LogP contribution in [0, 0.1) is 11.3 Å². The van der Waals surface area contributed by atoms with Crippen LogP contribution in [0.2, 0.25) is 0 Å². The smallest absolute Gasteiger partial charge is 0.232 e. The van der Waals surface area contributed by atoms with E-state index in [4.69, 9.17) is 5.26 Å². The maximum atomic E-state index is 12.0. The highest BCUT2D eigenvalue weighted by atomic mass is 32.2. The van der Waals surface area contributed by atoms with E-state index >= 15 is 0 Å². The first-order valence-electron chi connectivity index (χ1n) is 7.64. The molecule has 0 atom stereocenters. The summed E-state index contributed by atoms with van der Waals surface area (Å²) < 4.78 is 25.2. The number of carbonyl (C=O) groups is 1. The van der Waals surface area contributed by atoms with Gasteiger partial charge in [-0.05, 0) is 39.2 Å². The van der Waals surface area contributed by atoms with Crippen LogP contribution in [-0.2, 0) is 14.8 Å². The first kappa shape index (κ1) is 19.9. The number of nitrogens with one attached hydrogen (secondary N) is 1. The minimum atomic E-state index is -3.59. The molecule has 0 fully saturated rings. The van der Waals surface area contributed by atoms with Crippen molar-refractivity contribution < 1.29 is 13.2 Å². The number of anilines is 1. The largest absolute Gasteiger partial charge is 0.356 e. The van der Waals surface area contributed by atoms with E-state index in [2.05, 4.69) is 5.32 Å². The molecule has 1 aromatic rings. The summed E-state index contributed by atoms with van der Waals surface area (Å²) in [5.74, 6) is -0.211. The molecule has 1 amide bonds. The van der Waals surface area contributed by atoms with Crippen LogP contribution >= 0.6 is 0 Å². The lowest BCUT2D eigenvalue weighted by Crippen LogP contribution is -2.35. The third kappa shape index (κ3) is 6.56. The molecular weight excluding hydrogens is 328 g/mol. The predicted molar refractivity (Wildman–Crippen MR) is 94.1 cm³/mol. The molecule has 0 aromatic heterocycles. The molecule has 0 spiro atoms. The number of nitrogens with zero attached hydrogens (tertiary/aromatic N) is 3. The minimum Gasteiger partial charge on any atom is -0.356 e. The normalized spacial score (nSPS) is 11.1. The highest BCUT2D eigenvalue weighted by molar-refractivity contribution is 7.92. The SMILES string of the molecule is CN(C)CCCNC(=O)CCN(c1ccccc1C#N)S(C)(=O)=O. The number of carbonyl (C=O) groups excluding carboxylic acids is 1. The molecule has 1 aromatic carbocycles. The van der Waals surface area contributed by atoms with Crippen molar-refractivity contribution in [3.63, 3.8) is 0 Å². The molecule has 0 bridgehead atoms. The summed E-state index contributed by atoms with van der Waals surface area (Å²) in [4.78, 5) is 13.9. The first-order chi connectivity index (χ1) is 11.3. The Bertz CT molecular complexity index is 696. The number of nitriles is 1. The van der Waals surface area contributed by atoms with Gasteiger partial charge in [-0.2, -0.15) is 5.26 Å². The van der Waals surface area contributed by atoms with Gasteiger partial charge in [-0.25, -0.2) is 8.42 Å². The Morgan fingerprint density at radius 1 is 1.25 bits per heavy atom. The van der Waals surface area contributed by atoms with E-state index in [1.165, 1.54) is 0 Å². The number of amides is 1. The average molecular weight is 352 g/mol. The van der Waals surface area contributed by atoms with Crippen LogP contribution in [0.1, 0.15) is 18.4 Å². The molecule has 8 heteroatoms. The van der Waals surface area contributed by atoms with Crippen LogP contribution in [-0.4, -0.2) is 59.2 Å². The van der Waals surface area contributed by atoms with E-state index < -0.39 is 10.0 Å². The summed E-state index contributed by atoms with van der Waals surface area (Å²) in [7, 11) is 0.327. The highest BCUT2D eigenvalue weighted by Gasteiger charge is 2.21. The molecule has 1 rings (SSSR count). The molecule has 0 aliphatic carbocycles. The molecule has 1 N–H and O–H groups in total. The summed E-state index contributed by atoms with van der Waals surface area (Å²) in [5.41, 5.74) is 0.553. The van der Waals surface area contributed by atoms with Crippen LogP contribution < -0.4 is 9.62 Å². The summed E-state index contributed by atoms with van der Waals surface area (Å²) in [6.45, 7) is 1.41. The van der Waals surface area contributed by atoms with Crippen LogP contribution in [0.25, 0.3) is 0 Å². The first-order valence-corrected chi connectivity index (χ1v) is 9.49. The van der Waals surface area contributed by atoms with Crippen LogP contribution in [0.4, 0.5) is 5.69 Å². The van der Waals surface area contributed by atoms with Crippen LogP contribution in [0.5, 0.6) is 0 Å². The molecule has 7 nitrogen and oxygen atoms in total. The average Bonchev–Trinajstić information content (AvgIpc) is 2.50. The number of benzene rings is 1. The van der Waals surface area contributed by atoms with Gasteiger partial charge < -0.3 is 10.2 Å².